The van der Waals surface area contributed by atoms with E-state index < -0.39 is 0 Å². The van der Waals surface area contributed by atoms with E-state index in [1.54, 1.807) is 27.8 Å². The summed E-state index contributed by atoms with van der Waals surface area (Å²) < 4.78 is 15.2. The number of carbonyl (C=O) groups is 2. The van der Waals surface area contributed by atoms with Gasteiger partial charge in [0, 0.05) is 18.2 Å². The number of nitrogens with one attached hydrogen (secondary N) is 1. The van der Waals surface area contributed by atoms with Gasteiger partial charge in [-0.3, -0.25) is 9.59 Å². The first-order valence-corrected chi connectivity index (χ1v) is 13.5. The number of nitrogens with zero attached hydrogens (tertiary/aromatic N) is 3. The van der Waals surface area contributed by atoms with E-state index >= 15 is 0 Å². The number of unbranched alkanes of at least 4 members (excludes halogenated alkanes) is 2. The maximum atomic E-state index is 13.7. The third-order valence-electron chi connectivity index (χ3n) is 6.70. The number of hydrogen-bond donors (Lipinski definition) is 1. The van der Waals surface area contributed by atoms with Gasteiger partial charge in [0.05, 0.1) is 23.8 Å². The fraction of sp³-hybridized carbons (Fsp3) is 0.281. The molecular formula is C32H35FN4O2. The molecule has 6 nitrogen and oxygen atoms in total. The molecule has 2 amide bonds. The van der Waals surface area contributed by atoms with E-state index in [4.69, 9.17) is 0 Å². The minimum atomic E-state index is -0.357. The molecule has 0 spiro atoms. The lowest BCUT2D eigenvalue weighted by molar-refractivity contribution is -0.136. The van der Waals surface area contributed by atoms with Gasteiger partial charge in [0.15, 0.2) is 0 Å². The highest BCUT2D eigenvalue weighted by Gasteiger charge is 2.26. The number of benzene rings is 3. The second-order valence-corrected chi connectivity index (χ2v) is 9.56. The molecule has 0 fully saturated rings. The van der Waals surface area contributed by atoms with Crippen LogP contribution >= 0.6 is 0 Å². The van der Waals surface area contributed by atoms with Crippen molar-refractivity contribution in [3.63, 3.8) is 0 Å². The van der Waals surface area contributed by atoms with Crippen molar-refractivity contribution in [3.05, 3.63) is 102 Å². The number of carbonyl (C=O) groups excluding carboxylic acids is 2. The zero-order chi connectivity index (χ0) is 27.6. The molecule has 1 heterocycles. The van der Waals surface area contributed by atoms with Crippen LogP contribution in [-0.4, -0.2) is 39.6 Å². The van der Waals surface area contributed by atoms with E-state index in [1.165, 1.54) is 12.1 Å². The Morgan fingerprint density at radius 1 is 0.923 bits per heavy atom. The summed E-state index contributed by atoms with van der Waals surface area (Å²) in [5.41, 5.74) is 3.12. The molecule has 4 rings (SSSR count). The highest BCUT2D eigenvalue weighted by molar-refractivity contribution is 5.95. The number of hydrogen-bond acceptors (Lipinski definition) is 3. The molecule has 7 heteroatoms. The van der Waals surface area contributed by atoms with Gasteiger partial charge in [0.2, 0.25) is 11.8 Å². The Morgan fingerprint density at radius 3 is 2.23 bits per heavy atom. The van der Waals surface area contributed by atoms with Gasteiger partial charge < -0.3 is 10.2 Å². The zero-order valence-corrected chi connectivity index (χ0v) is 22.5. The molecule has 1 atom stereocenters. The van der Waals surface area contributed by atoms with Crippen LogP contribution in [-0.2, 0) is 9.59 Å². The largest absolute Gasteiger partial charge is 0.333 e. The molecular weight excluding hydrogens is 491 g/mol. The summed E-state index contributed by atoms with van der Waals surface area (Å²) >= 11 is 0. The predicted octanol–water partition coefficient (Wildman–Crippen LogP) is 6.83. The van der Waals surface area contributed by atoms with Crippen LogP contribution in [0.4, 0.5) is 10.2 Å². The van der Waals surface area contributed by atoms with E-state index in [1.807, 2.05) is 67.6 Å². The fourth-order valence-electron chi connectivity index (χ4n) is 4.63. The maximum absolute atomic E-state index is 13.7. The highest BCUT2D eigenvalue weighted by Crippen LogP contribution is 2.26. The lowest BCUT2D eigenvalue weighted by Gasteiger charge is -2.27. The van der Waals surface area contributed by atoms with Crippen molar-refractivity contribution in [2.24, 2.45) is 0 Å². The Morgan fingerprint density at radius 2 is 1.59 bits per heavy atom. The second-order valence-electron chi connectivity index (χ2n) is 9.56. The van der Waals surface area contributed by atoms with Gasteiger partial charge in [-0.15, -0.1) is 0 Å². The molecule has 0 radical (unpaired) electrons. The average molecular weight is 527 g/mol. The Bertz CT molecular complexity index is 1350. The fourth-order valence-corrected chi connectivity index (χ4v) is 4.63. The molecule has 0 saturated carbocycles. The van der Waals surface area contributed by atoms with Crippen LogP contribution in [0, 0.1) is 5.82 Å². The minimum absolute atomic E-state index is 0.0491. The Kier molecular flexibility index (Phi) is 9.62. The van der Waals surface area contributed by atoms with Crippen LogP contribution in [0.1, 0.15) is 51.0 Å². The number of anilines is 1. The standard InChI is InChI=1S/C32H35FN4O2/c1-3-5-12-21-36(32(39)28(4-2)24-13-8-6-9-14-24)23-31(38)34-30-22-29(25-15-10-7-11-16-25)35-37(30)27-19-17-26(33)18-20-27/h6-11,13-20,22,28H,3-5,12,21,23H2,1-2H3,(H,34,38). The number of rotatable bonds is 12. The summed E-state index contributed by atoms with van der Waals surface area (Å²) in [6, 6.07) is 27.1. The van der Waals surface area contributed by atoms with Crippen molar-refractivity contribution < 1.29 is 14.0 Å². The SMILES string of the molecule is CCCCCN(CC(=O)Nc1cc(-c2ccccc2)nn1-c1ccc(F)cc1)C(=O)C(CC)c1ccccc1. The van der Waals surface area contributed by atoms with Crippen LogP contribution in [0.3, 0.4) is 0 Å². The number of amides is 2. The molecule has 202 valence electrons. The first-order valence-electron chi connectivity index (χ1n) is 13.5. The monoisotopic (exact) mass is 526 g/mol. The van der Waals surface area contributed by atoms with Crippen LogP contribution in [0.5, 0.6) is 0 Å². The van der Waals surface area contributed by atoms with E-state index in [0.29, 0.717) is 30.2 Å². The van der Waals surface area contributed by atoms with Gasteiger partial charge in [-0.2, -0.15) is 5.10 Å². The molecule has 4 aromatic rings. The molecule has 1 aromatic heterocycles. The summed E-state index contributed by atoms with van der Waals surface area (Å²) in [5.74, 6) is -0.584. The molecule has 0 aliphatic carbocycles. The smallest absolute Gasteiger partial charge is 0.245 e. The van der Waals surface area contributed by atoms with Crippen molar-refractivity contribution in [2.75, 3.05) is 18.4 Å². The second kappa shape index (κ2) is 13.5. The first kappa shape index (κ1) is 27.8. The van der Waals surface area contributed by atoms with Gasteiger partial charge in [-0.05, 0) is 42.7 Å². The topological polar surface area (TPSA) is 67.2 Å². The molecule has 39 heavy (non-hydrogen) atoms. The lowest BCUT2D eigenvalue weighted by Crippen LogP contribution is -2.41. The van der Waals surface area contributed by atoms with Gasteiger partial charge in [0.25, 0.3) is 0 Å². The van der Waals surface area contributed by atoms with Crippen LogP contribution in [0.15, 0.2) is 91.0 Å². The summed E-state index contributed by atoms with van der Waals surface area (Å²) in [5, 5.41) is 7.65. The normalized spacial score (nSPS) is 11.7. The van der Waals surface area contributed by atoms with Crippen molar-refractivity contribution in [3.8, 4) is 16.9 Å². The number of aromatic nitrogens is 2. The van der Waals surface area contributed by atoms with Gasteiger partial charge in [-0.25, -0.2) is 9.07 Å². The summed E-state index contributed by atoms with van der Waals surface area (Å²) in [7, 11) is 0. The molecule has 0 bridgehead atoms. The summed E-state index contributed by atoms with van der Waals surface area (Å²) in [4.78, 5) is 28.7. The van der Waals surface area contributed by atoms with E-state index in [0.717, 1.165) is 30.4 Å². The van der Waals surface area contributed by atoms with E-state index in [2.05, 4.69) is 17.3 Å². The predicted molar refractivity (Wildman–Crippen MR) is 153 cm³/mol. The molecule has 0 saturated heterocycles. The Balaban J connectivity index is 1.59. The number of halogens is 1. The molecule has 0 aliphatic rings. The van der Waals surface area contributed by atoms with Crippen LogP contribution < -0.4 is 5.32 Å². The van der Waals surface area contributed by atoms with Crippen LogP contribution in [0.2, 0.25) is 0 Å². The van der Waals surface area contributed by atoms with E-state index in [9.17, 15) is 14.0 Å². The quantitative estimate of drug-likeness (QED) is 0.206. The average Bonchev–Trinajstić information content (AvgIpc) is 3.38. The van der Waals surface area contributed by atoms with Crippen molar-refractivity contribution in [1.29, 1.82) is 0 Å². The maximum Gasteiger partial charge on any atom is 0.245 e. The van der Waals surface area contributed by atoms with Crippen molar-refractivity contribution >= 4 is 17.6 Å². The van der Waals surface area contributed by atoms with Crippen molar-refractivity contribution in [2.45, 2.75) is 45.4 Å². The third-order valence-corrected chi connectivity index (χ3v) is 6.70. The summed E-state index contributed by atoms with van der Waals surface area (Å²) in [6.45, 7) is 4.54. The minimum Gasteiger partial charge on any atom is -0.333 e. The third kappa shape index (κ3) is 7.19. The molecule has 0 aliphatic heterocycles. The Labute approximate surface area is 229 Å². The first-order chi connectivity index (χ1) is 19.0. The van der Waals surface area contributed by atoms with Gasteiger partial charge >= 0.3 is 0 Å². The van der Waals surface area contributed by atoms with Crippen LogP contribution in [0.25, 0.3) is 16.9 Å². The zero-order valence-electron chi connectivity index (χ0n) is 22.5. The van der Waals surface area contributed by atoms with E-state index in [-0.39, 0.29) is 30.1 Å². The summed E-state index contributed by atoms with van der Waals surface area (Å²) in [6.07, 6.45) is 3.47. The van der Waals surface area contributed by atoms with Gasteiger partial charge in [0.1, 0.15) is 11.6 Å². The lowest BCUT2D eigenvalue weighted by atomic mass is 9.95. The highest BCUT2D eigenvalue weighted by atomic mass is 19.1. The molecule has 3 aromatic carbocycles. The van der Waals surface area contributed by atoms with Gasteiger partial charge in [-0.1, -0.05) is 87.4 Å². The molecule has 1 unspecified atom stereocenters. The Hall–Kier alpha value is -4.26. The molecule has 1 N–H and O–H groups in total. The van der Waals surface area contributed by atoms with Crippen molar-refractivity contribution in [1.82, 2.24) is 14.7 Å².